The van der Waals surface area contributed by atoms with Crippen LogP contribution in [0.5, 0.6) is 0 Å². The molecule has 0 bridgehead atoms. The van der Waals surface area contributed by atoms with Crippen LogP contribution in [0, 0.1) is 0 Å². The van der Waals surface area contributed by atoms with Crippen molar-refractivity contribution in [2.75, 3.05) is 44.2 Å². The first-order valence-corrected chi connectivity index (χ1v) is 9.36. The molecule has 0 aliphatic carbocycles. The highest BCUT2D eigenvalue weighted by Gasteiger charge is 2.19. The molecular formula is C18H24N4OS. The minimum atomic E-state index is 0.600. The van der Waals surface area contributed by atoms with Gasteiger partial charge in [0, 0.05) is 50.7 Å². The predicted octanol–water partition coefficient (Wildman–Crippen LogP) is 3.10. The zero-order valence-electron chi connectivity index (χ0n) is 14.1. The van der Waals surface area contributed by atoms with Gasteiger partial charge in [-0.05, 0) is 12.5 Å². The summed E-state index contributed by atoms with van der Waals surface area (Å²) in [6, 6.07) is 10.3. The molecule has 0 radical (unpaired) electrons. The maximum atomic E-state index is 5.31. The van der Waals surface area contributed by atoms with E-state index in [2.05, 4.69) is 32.1 Å². The quantitative estimate of drug-likeness (QED) is 0.572. The molecule has 2 heterocycles. The molecule has 0 amide bonds. The lowest BCUT2D eigenvalue weighted by atomic mass is 10.1. The molecule has 0 N–H and O–H groups in total. The van der Waals surface area contributed by atoms with Gasteiger partial charge in [-0.15, -0.1) is 11.3 Å². The van der Waals surface area contributed by atoms with Crippen molar-refractivity contribution in [3.05, 3.63) is 47.5 Å². The number of nitrogens with zero attached hydrogens (tertiary/aromatic N) is 4. The molecule has 1 saturated heterocycles. The van der Waals surface area contributed by atoms with E-state index in [9.17, 15) is 0 Å². The Bertz CT molecular complexity index is 622. The highest BCUT2D eigenvalue weighted by Crippen LogP contribution is 2.19. The number of oxime groups is 1. The van der Waals surface area contributed by atoms with Crippen LogP contribution in [0.4, 0.5) is 5.13 Å². The average molecular weight is 344 g/mol. The predicted molar refractivity (Wildman–Crippen MR) is 100.0 cm³/mol. The molecule has 0 unspecified atom stereocenters. The summed E-state index contributed by atoms with van der Waals surface area (Å²) in [6.07, 6.45) is 2.78. The minimum Gasteiger partial charge on any atom is -0.396 e. The lowest BCUT2D eigenvalue weighted by Crippen LogP contribution is -2.46. The first-order chi connectivity index (χ1) is 11.9. The van der Waals surface area contributed by atoms with Crippen molar-refractivity contribution in [1.82, 2.24) is 9.88 Å². The molecule has 1 aliphatic heterocycles. The standard InChI is InChI=1S/C18H24N4OS/c1-2-23-20-17(16-6-4-3-5-7-16)8-10-21-11-13-22(14-12-21)18-19-9-15-24-18/h3-7,9,15H,2,8,10-14H2,1H3/b20-17+. The number of hydrogen-bond donors (Lipinski definition) is 0. The largest absolute Gasteiger partial charge is 0.396 e. The Morgan fingerprint density at radius 2 is 2.00 bits per heavy atom. The zero-order chi connectivity index (χ0) is 16.6. The Morgan fingerprint density at radius 3 is 2.67 bits per heavy atom. The summed E-state index contributed by atoms with van der Waals surface area (Å²) >= 11 is 1.72. The van der Waals surface area contributed by atoms with Crippen molar-refractivity contribution in [1.29, 1.82) is 0 Å². The number of piperazine rings is 1. The van der Waals surface area contributed by atoms with Crippen LogP contribution in [0.15, 0.2) is 47.1 Å². The van der Waals surface area contributed by atoms with E-state index < -0.39 is 0 Å². The number of hydrogen-bond acceptors (Lipinski definition) is 6. The highest BCUT2D eigenvalue weighted by molar-refractivity contribution is 7.13. The van der Waals surface area contributed by atoms with Crippen LogP contribution >= 0.6 is 11.3 Å². The second-order valence-corrected chi connectivity index (χ2v) is 6.59. The van der Waals surface area contributed by atoms with Gasteiger partial charge in [-0.1, -0.05) is 35.5 Å². The van der Waals surface area contributed by atoms with E-state index in [4.69, 9.17) is 4.84 Å². The molecule has 5 nitrogen and oxygen atoms in total. The Morgan fingerprint density at radius 1 is 1.21 bits per heavy atom. The van der Waals surface area contributed by atoms with Crippen LogP contribution in [0.2, 0.25) is 0 Å². The molecule has 1 aromatic carbocycles. The van der Waals surface area contributed by atoms with Crippen molar-refractivity contribution in [2.24, 2.45) is 5.16 Å². The van der Waals surface area contributed by atoms with E-state index in [0.717, 1.165) is 55.6 Å². The third kappa shape index (κ3) is 4.55. The van der Waals surface area contributed by atoms with Gasteiger partial charge in [0.05, 0.1) is 5.71 Å². The molecule has 3 rings (SSSR count). The van der Waals surface area contributed by atoms with Crippen molar-refractivity contribution in [2.45, 2.75) is 13.3 Å². The van der Waals surface area contributed by atoms with E-state index in [1.165, 1.54) is 0 Å². The number of aromatic nitrogens is 1. The van der Waals surface area contributed by atoms with Gasteiger partial charge in [-0.25, -0.2) is 4.98 Å². The lowest BCUT2D eigenvalue weighted by molar-refractivity contribution is 0.157. The second kappa shape index (κ2) is 8.80. The number of thiazole rings is 1. The fourth-order valence-corrected chi connectivity index (χ4v) is 3.51. The second-order valence-electron chi connectivity index (χ2n) is 5.72. The third-order valence-corrected chi connectivity index (χ3v) is 4.97. The van der Waals surface area contributed by atoms with Crippen LogP contribution in [0.25, 0.3) is 0 Å². The number of rotatable bonds is 7. The molecule has 2 aromatic rings. The average Bonchev–Trinajstić information content (AvgIpc) is 3.18. The minimum absolute atomic E-state index is 0.600. The lowest BCUT2D eigenvalue weighted by Gasteiger charge is -2.34. The van der Waals surface area contributed by atoms with Gasteiger partial charge in [0.25, 0.3) is 0 Å². The molecule has 0 spiro atoms. The molecule has 1 fully saturated rings. The summed E-state index contributed by atoms with van der Waals surface area (Å²) in [7, 11) is 0. The Labute approximate surface area is 147 Å². The van der Waals surface area contributed by atoms with Crippen LogP contribution in [-0.4, -0.2) is 54.9 Å². The van der Waals surface area contributed by atoms with E-state index in [0.29, 0.717) is 6.61 Å². The Hall–Kier alpha value is -1.92. The third-order valence-electron chi connectivity index (χ3n) is 4.14. The van der Waals surface area contributed by atoms with Gasteiger partial charge >= 0.3 is 0 Å². The number of anilines is 1. The first kappa shape index (κ1) is 16.9. The van der Waals surface area contributed by atoms with Crippen LogP contribution < -0.4 is 4.90 Å². The van der Waals surface area contributed by atoms with Crippen molar-refractivity contribution < 1.29 is 4.84 Å². The van der Waals surface area contributed by atoms with Gasteiger partial charge in [0.15, 0.2) is 5.13 Å². The van der Waals surface area contributed by atoms with E-state index in [-0.39, 0.29) is 0 Å². The van der Waals surface area contributed by atoms with E-state index in [1.807, 2.05) is 36.7 Å². The van der Waals surface area contributed by atoms with Crippen molar-refractivity contribution >= 4 is 22.2 Å². The van der Waals surface area contributed by atoms with E-state index in [1.54, 1.807) is 11.3 Å². The maximum absolute atomic E-state index is 5.31. The zero-order valence-corrected chi connectivity index (χ0v) is 14.9. The van der Waals surface area contributed by atoms with Gasteiger partial charge in [0.2, 0.25) is 0 Å². The fourth-order valence-electron chi connectivity index (χ4n) is 2.81. The Balaban J connectivity index is 1.52. The first-order valence-electron chi connectivity index (χ1n) is 8.48. The number of benzene rings is 1. The van der Waals surface area contributed by atoms with Crippen LogP contribution in [-0.2, 0) is 4.84 Å². The summed E-state index contributed by atoms with van der Waals surface area (Å²) in [4.78, 5) is 14.6. The fraction of sp³-hybridized carbons (Fsp3) is 0.444. The molecule has 24 heavy (non-hydrogen) atoms. The van der Waals surface area contributed by atoms with Crippen molar-refractivity contribution in [3.8, 4) is 0 Å². The molecular weight excluding hydrogens is 320 g/mol. The van der Waals surface area contributed by atoms with Gasteiger partial charge in [-0.3, -0.25) is 4.90 Å². The normalized spacial score (nSPS) is 16.4. The smallest absolute Gasteiger partial charge is 0.185 e. The summed E-state index contributed by atoms with van der Waals surface area (Å²) in [5.74, 6) is 0. The van der Waals surface area contributed by atoms with Gasteiger partial charge in [0.1, 0.15) is 6.61 Å². The van der Waals surface area contributed by atoms with Gasteiger partial charge < -0.3 is 9.74 Å². The molecule has 1 aliphatic rings. The molecule has 6 heteroatoms. The Kier molecular flexibility index (Phi) is 6.20. The van der Waals surface area contributed by atoms with Crippen molar-refractivity contribution in [3.63, 3.8) is 0 Å². The maximum Gasteiger partial charge on any atom is 0.185 e. The summed E-state index contributed by atoms with van der Waals surface area (Å²) in [5, 5.41) is 7.50. The monoisotopic (exact) mass is 344 g/mol. The topological polar surface area (TPSA) is 41.0 Å². The summed E-state index contributed by atoms with van der Waals surface area (Å²) in [5.41, 5.74) is 2.17. The molecule has 0 saturated carbocycles. The van der Waals surface area contributed by atoms with Crippen LogP contribution in [0.3, 0.4) is 0 Å². The summed E-state index contributed by atoms with van der Waals surface area (Å²) < 4.78 is 0. The molecule has 128 valence electrons. The molecule has 1 aromatic heterocycles. The van der Waals surface area contributed by atoms with E-state index >= 15 is 0 Å². The summed E-state index contributed by atoms with van der Waals surface area (Å²) in [6.45, 7) is 7.78. The van der Waals surface area contributed by atoms with Crippen LogP contribution in [0.1, 0.15) is 18.9 Å². The molecule has 0 atom stereocenters. The van der Waals surface area contributed by atoms with Gasteiger partial charge in [-0.2, -0.15) is 0 Å². The SMILES string of the molecule is CCO/N=C(\CCN1CCN(c2nccs2)CC1)c1ccccc1. The highest BCUT2D eigenvalue weighted by atomic mass is 32.1.